The van der Waals surface area contributed by atoms with Crippen LogP contribution in [0, 0.1) is 0 Å². The number of carbonyl (C=O) groups excluding carboxylic acids is 1. The van der Waals surface area contributed by atoms with E-state index in [4.69, 9.17) is 13.9 Å². The molecular weight excluding hydrogens is 264 g/mol. The van der Waals surface area contributed by atoms with E-state index in [-0.39, 0.29) is 31.3 Å². The number of carbonyl (C=O) groups is 1. The third kappa shape index (κ3) is 4.92. The Balaban J connectivity index is 2.61. The molecule has 1 aromatic heterocycles. The average molecular weight is 279 g/mol. The lowest BCUT2D eigenvalue weighted by atomic mass is 10.3. The standard InChI is InChI=1S/C11H15F2NO5/c1-16-5-7-10(11(15)17-2)19-9(14-7)3-4-18-6-8(12)13/h8H,3-6H2,1-2H3. The smallest absolute Gasteiger partial charge is 0.376 e. The van der Waals surface area contributed by atoms with Crippen LogP contribution >= 0.6 is 0 Å². The van der Waals surface area contributed by atoms with Crippen molar-refractivity contribution in [2.75, 3.05) is 27.4 Å². The number of rotatable bonds is 8. The molecule has 0 N–H and O–H groups in total. The number of oxazole rings is 1. The quantitative estimate of drug-likeness (QED) is 0.529. The van der Waals surface area contributed by atoms with Gasteiger partial charge in [0.05, 0.1) is 20.3 Å². The molecule has 108 valence electrons. The maximum atomic E-state index is 11.8. The van der Waals surface area contributed by atoms with Gasteiger partial charge in [0.15, 0.2) is 5.89 Å². The zero-order valence-corrected chi connectivity index (χ0v) is 10.7. The van der Waals surface area contributed by atoms with E-state index in [1.807, 2.05) is 0 Å². The van der Waals surface area contributed by atoms with Crippen LogP contribution in [-0.2, 0) is 27.2 Å². The van der Waals surface area contributed by atoms with Gasteiger partial charge in [-0.2, -0.15) is 0 Å². The fourth-order valence-electron chi connectivity index (χ4n) is 1.33. The van der Waals surface area contributed by atoms with Gasteiger partial charge in [0, 0.05) is 13.5 Å². The highest BCUT2D eigenvalue weighted by Gasteiger charge is 2.20. The lowest BCUT2D eigenvalue weighted by Gasteiger charge is -2.00. The molecule has 8 heteroatoms. The summed E-state index contributed by atoms with van der Waals surface area (Å²) in [6, 6.07) is 0. The molecular formula is C11H15F2NO5. The molecule has 0 aliphatic rings. The molecule has 0 saturated heterocycles. The van der Waals surface area contributed by atoms with E-state index in [9.17, 15) is 13.6 Å². The van der Waals surface area contributed by atoms with Crippen molar-refractivity contribution in [3.05, 3.63) is 17.3 Å². The number of nitrogens with zero attached hydrogens (tertiary/aromatic N) is 1. The van der Waals surface area contributed by atoms with Crippen molar-refractivity contribution in [3.63, 3.8) is 0 Å². The van der Waals surface area contributed by atoms with Crippen molar-refractivity contribution in [2.45, 2.75) is 19.5 Å². The van der Waals surface area contributed by atoms with E-state index in [0.717, 1.165) is 0 Å². The largest absolute Gasteiger partial charge is 0.463 e. The summed E-state index contributed by atoms with van der Waals surface area (Å²) in [4.78, 5) is 15.4. The second-order valence-electron chi connectivity index (χ2n) is 3.52. The molecule has 0 unspecified atom stereocenters. The Morgan fingerprint density at radius 2 is 2.16 bits per heavy atom. The summed E-state index contributed by atoms with van der Waals surface area (Å²) < 4.78 is 43.0. The molecule has 0 aromatic carbocycles. The van der Waals surface area contributed by atoms with Gasteiger partial charge in [0.2, 0.25) is 5.76 Å². The first-order chi connectivity index (χ1) is 9.08. The van der Waals surface area contributed by atoms with Crippen LogP contribution in [-0.4, -0.2) is 44.8 Å². The molecule has 0 bridgehead atoms. The number of esters is 1. The van der Waals surface area contributed by atoms with Crippen molar-refractivity contribution < 1.29 is 32.2 Å². The van der Waals surface area contributed by atoms with Gasteiger partial charge in [-0.3, -0.25) is 0 Å². The molecule has 0 fully saturated rings. The van der Waals surface area contributed by atoms with Crippen LogP contribution in [0.25, 0.3) is 0 Å². The number of alkyl halides is 2. The third-order valence-electron chi connectivity index (χ3n) is 2.10. The monoisotopic (exact) mass is 279 g/mol. The molecule has 1 aromatic rings. The Labute approximate surface area is 108 Å². The second kappa shape index (κ2) is 7.80. The summed E-state index contributed by atoms with van der Waals surface area (Å²) in [6.07, 6.45) is -2.33. The summed E-state index contributed by atoms with van der Waals surface area (Å²) in [5.74, 6) is -0.505. The number of hydrogen-bond acceptors (Lipinski definition) is 6. The lowest BCUT2D eigenvalue weighted by Crippen LogP contribution is -2.07. The molecule has 0 aliphatic carbocycles. The van der Waals surface area contributed by atoms with Gasteiger partial charge >= 0.3 is 5.97 Å². The zero-order chi connectivity index (χ0) is 14.3. The minimum atomic E-state index is -2.51. The zero-order valence-electron chi connectivity index (χ0n) is 10.7. The normalized spacial score (nSPS) is 11.0. The van der Waals surface area contributed by atoms with E-state index in [2.05, 4.69) is 9.72 Å². The fourth-order valence-corrected chi connectivity index (χ4v) is 1.33. The summed E-state index contributed by atoms with van der Waals surface area (Å²) in [6.45, 7) is -0.529. The Morgan fingerprint density at radius 3 is 2.74 bits per heavy atom. The van der Waals surface area contributed by atoms with Crippen LogP contribution in [0.5, 0.6) is 0 Å². The van der Waals surface area contributed by atoms with Crippen molar-refractivity contribution in [1.29, 1.82) is 0 Å². The van der Waals surface area contributed by atoms with E-state index >= 15 is 0 Å². The first-order valence-electron chi connectivity index (χ1n) is 5.50. The Bertz CT molecular complexity index is 408. The number of methoxy groups -OCH3 is 2. The third-order valence-corrected chi connectivity index (χ3v) is 2.10. The van der Waals surface area contributed by atoms with Crippen molar-refractivity contribution in [3.8, 4) is 0 Å². The molecule has 0 aliphatic heterocycles. The summed E-state index contributed by atoms with van der Waals surface area (Å²) >= 11 is 0. The molecule has 1 heterocycles. The minimum absolute atomic E-state index is 0.0257. The SMILES string of the molecule is COCc1nc(CCOCC(F)F)oc1C(=O)OC. The van der Waals surface area contributed by atoms with Gasteiger partial charge in [0.25, 0.3) is 6.43 Å². The number of halogens is 2. The van der Waals surface area contributed by atoms with Gasteiger partial charge in [0.1, 0.15) is 12.3 Å². The highest BCUT2D eigenvalue weighted by molar-refractivity contribution is 5.87. The number of aromatic nitrogens is 1. The van der Waals surface area contributed by atoms with Crippen LogP contribution in [0.1, 0.15) is 22.1 Å². The van der Waals surface area contributed by atoms with E-state index in [1.165, 1.54) is 14.2 Å². The lowest BCUT2D eigenvalue weighted by molar-refractivity contribution is 0.0172. The van der Waals surface area contributed by atoms with E-state index in [0.29, 0.717) is 5.69 Å². The number of hydrogen-bond donors (Lipinski definition) is 0. The average Bonchev–Trinajstić information content (AvgIpc) is 2.77. The Kier molecular flexibility index (Phi) is 6.37. The van der Waals surface area contributed by atoms with Gasteiger partial charge in [-0.15, -0.1) is 0 Å². The molecule has 0 saturated carbocycles. The molecule has 19 heavy (non-hydrogen) atoms. The van der Waals surface area contributed by atoms with E-state index in [1.54, 1.807) is 0 Å². The first-order valence-corrected chi connectivity index (χ1v) is 5.50. The maximum Gasteiger partial charge on any atom is 0.376 e. The predicted octanol–water partition coefficient (Wildman–Crippen LogP) is 1.43. The van der Waals surface area contributed by atoms with Crippen molar-refractivity contribution in [1.82, 2.24) is 4.98 Å². The molecule has 0 atom stereocenters. The van der Waals surface area contributed by atoms with Gasteiger partial charge in [-0.1, -0.05) is 0 Å². The van der Waals surface area contributed by atoms with Gasteiger partial charge in [-0.25, -0.2) is 18.6 Å². The predicted molar refractivity (Wildman–Crippen MR) is 59.1 cm³/mol. The Hall–Kier alpha value is -1.54. The van der Waals surface area contributed by atoms with Crippen LogP contribution in [0.4, 0.5) is 8.78 Å². The molecule has 1 rings (SSSR count). The van der Waals surface area contributed by atoms with Gasteiger partial charge in [-0.05, 0) is 0 Å². The highest BCUT2D eigenvalue weighted by atomic mass is 19.3. The minimum Gasteiger partial charge on any atom is -0.463 e. The van der Waals surface area contributed by atoms with E-state index < -0.39 is 19.0 Å². The molecule has 0 radical (unpaired) electrons. The fraction of sp³-hybridized carbons (Fsp3) is 0.636. The van der Waals surface area contributed by atoms with Crippen LogP contribution in [0.3, 0.4) is 0 Å². The summed E-state index contributed by atoms with van der Waals surface area (Å²) in [5.41, 5.74) is 0.304. The van der Waals surface area contributed by atoms with Gasteiger partial charge < -0.3 is 18.6 Å². The molecule has 0 spiro atoms. The van der Waals surface area contributed by atoms with Crippen molar-refractivity contribution >= 4 is 5.97 Å². The molecule has 6 nitrogen and oxygen atoms in total. The van der Waals surface area contributed by atoms with Crippen LogP contribution in [0.15, 0.2) is 4.42 Å². The second-order valence-corrected chi connectivity index (χ2v) is 3.52. The first kappa shape index (κ1) is 15.5. The number of ether oxygens (including phenoxy) is 3. The molecule has 0 amide bonds. The maximum absolute atomic E-state index is 11.8. The topological polar surface area (TPSA) is 70.8 Å². The van der Waals surface area contributed by atoms with Crippen LogP contribution in [0.2, 0.25) is 0 Å². The Morgan fingerprint density at radius 1 is 1.42 bits per heavy atom. The van der Waals surface area contributed by atoms with Crippen LogP contribution < -0.4 is 0 Å². The summed E-state index contributed by atoms with van der Waals surface area (Å²) in [7, 11) is 2.66. The highest BCUT2D eigenvalue weighted by Crippen LogP contribution is 2.14. The summed E-state index contributed by atoms with van der Waals surface area (Å²) in [5, 5.41) is 0. The van der Waals surface area contributed by atoms with Crippen molar-refractivity contribution in [2.24, 2.45) is 0 Å².